The molecule has 5 heteroatoms. The number of rotatable bonds is 3. The molecule has 1 aliphatic rings. The van der Waals surface area contributed by atoms with E-state index in [2.05, 4.69) is 28.9 Å². The van der Waals surface area contributed by atoms with E-state index in [1.54, 1.807) is 11.3 Å². The normalized spacial score (nSPS) is 25.3. The summed E-state index contributed by atoms with van der Waals surface area (Å²) in [5.41, 5.74) is 6.30. The Morgan fingerprint density at radius 2 is 2.33 bits per heavy atom. The summed E-state index contributed by atoms with van der Waals surface area (Å²) in [6.45, 7) is 2.90. The van der Waals surface area contributed by atoms with Crippen LogP contribution in [-0.2, 0) is 4.79 Å². The van der Waals surface area contributed by atoms with Gasteiger partial charge in [-0.05, 0) is 47.3 Å². The number of nitrogens with zero attached hydrogens (tertiary/aromatic N) is 1. The molecular weight excluding hydrogens is 312 g/mol. The molecule has 1 saturated heterocycles. The Kier molecular flexibility index (Phi) is 4.81. The highest BCUT2D eigenvalue weighted by molar-refractivity contribution is 9.11. The largest absolute Gasteiger partial charge is 0.333 e. The molecule has 3 nitrogen and oxygen atoms in total. The molecule has 1 aromatic rings. The first kappa shape index (κ1) is 14.0. The third kappa shape index (κ3) is 2.95. The van der Waals surface area contributed by atoms with Crippen molar-refractivity contribution >= 4 is 33.2 Å². The molecule has 2 N–H and O–H groups in total. The minimum atomic E-state index is 0.0496. The monoisotopic (exact) mass is 330 g/mol. The average Bonchev–Trinajstić information content (AvgIpc) is 2.69. The van der Waals surface area contributed by atoms with E-state index in [1.165, 1.54) is 4.88 Å². The van der Waals surface area contributed by atoms with E-state index in [0.29, 0.717) is 6.42 Å². The minimum Gasteiger partial charge on any atom is -0.333 e. The fraction of sp³-hybridized carbons (Fsp3) is 0.615. The molecule has 2 atom stereocenters. The summed E-state index contributed by atoms with van der Waals surface area (Å²) < 4.78 is 1.10. The third-order valence-corrected chi connectivity index (χ3v) is 5.03. The Morgan fingerprint density at radius 3 is 2.94 bits per heavy atom. The second kappa shape index (κ2) is 6.17. The van der Waals surface area contributed by atoms with Crippen LogP contribution in [0.25, 0.3) is 0 Å². The van der Waals surface area contributed by atoms with Crippen molar-refractivity contribution in [2.24, 2.45) is 5.73 Å². The molecule has 18 heavy (non-hydrogen) atoms. The predicted octanol–water partition coefficient (Wildman–Crippen LogP) is 3.30. The van der Waals surface area contributed by atoms with Crippen LogP contribution in [0.3, 0.4) is 0 Å². The number of likely N-dealkylation sites (tertiary alicyclic amines) is 1. The Balaban J connectivity index is 2.32. The van der Waals surface area contributed by atoms with Gasteiger partial charge in [-0.25, -0.2) is 0 Å². The highest BCUT2D eigenvalue weighted by atomic mass is 79.9. The first-order valence-corrected chi connectivity index (χ1v) is 8.04. The van der Waals surface area contributed by atoms with Crippen LogP contribution in [-0.4, -0.2) is 23.4 Å². The van der Waals surface area contributed by atoms with Crippen molar-refractivity contribution in [2.75, 3.05) is 6.54 Å². The maximum Gasteiger partial charge on any atom is 0.223 e. The third-order valence-electron chi connectivity index (χ3n) is 3.34. The number of halogens is 1. The Morgan fingerprint density at radius 1 is 1.56 bits per heavy atom. The summed E-state index contributed by atoms with van der Waals surface area (Å²) in [4.78, 5) is 15.4. The lowest BCUT2D eigenvalue weighted by Gasteiger charge is -2.32. The van der Waals surface area contributed by atoms with Gasteiger partial charge in [0.2, 0.25) is 5.91 Å². The zero-order chi connectivity index (χ0) is 13.1. The SMILES string of the molecule is CCCN1C(=O)CCCC(N)C1c1ccc(Br)s1. The van der Waals surface area contributed by atoms with E-state index in [1.807, 2.05) is 11.0 Å². The molecule has 0 spiro atoms. The Hall–Kier alpha value is -0.390. The molecule has 100 valence electrons. The van der Waals surface area contributed by atoms with E-state index >= 15 is 0 Å². The van der Waals surface area contributed by atoms with Crippen LogP contribution >= 0.6 is 27.3 Å². The molecule has 0 bridgehead atoms. The van der Waals surface area contributed by atoms with E-state index in [0.717, 1.165) is 29.6 Å². The molecule has 1 amide bonds. The van der Waals surface area contributed by atoms with Gasteiger partial charge < -0.3 is 10.6 Å². The second-order valence-corrected chi connectivity index (χ2v) is 7.22. The van der Waals surface area contributed by atoms with Gasteiger partial charge in [0.25, 0.3) is 0 Å². The number of hydrogen-bond donors (Lipinski definition) is 1. The summed E-state index contributed by atoms with van der Waals surface area (Å²) in [5, 5.41) is 0. The first-order valence-electron chi connectivity index (χ1n) is 6.43. The zero-order valence-corrected chi connectivity index (χ0v) is 13.0. The number of amides is 1. The van der Waals surface area contributed by atoms with E-state index in [4.69, 9.17) is 5.73 Å². The van der Waals surface area contributed by atoms with Gasteiger partial charge in [0.05, 0.1) is 9.83 Å². The van der Waals surface area contributed by atoms with Gasteiger partial charge in [-0.3, -0.25) is 4.79 Å². The van der Waals surface area contributed by atoms with Gasteiger partial charge in [-0.15, -0.1) is 11.3 Å². The molecule has 2 rings (SSSR count). The average molecular weight is 331 g/mol. The summed E-state index contributed by atoms with van der Waals surface area (Å²) in [6, 6.07) is 4.22. The van der Waals surface area contributed by atoms with Gasteiger partial charge >= 0.3 is 0 Å². The predicted molar refractivity (Wildman–Crippen MR) is 78.6 cm³/mol. The van der Waals surface area contributed by atoms with Crippen LogP contribution in [0.2, 0.25) is 0 Å². The second-order valence-electron chi connectivity index (χ2n) is 4.73. The number of hydrogen-bond acceptors (Lipinski definition) is 3. The molecule has 0 aromatic carbocycles. The van der Waals surface area contributed by atoms with Crippen LogP contribution in [0.4, 0.5) is 0 Å². The van der Waals surface area contributed by atoms with Gasteiger partial charge in [0, 0.05) is 23.9 Å². The van der Waals surface area contributed by atoms with E-state index < -0.39 is 0 Å². The zero-order valence-electron chi connectivity index (χ0n) is 10.6. The van der Waals surface area contributed by atoms with Crippen molar-refractivity contribution in [2.45, 2.75) is 44.7 Å². The first-order chi connectivity index (χ1) is 8.63. The summed E-state index contributed by atoms with van der Waals surface area (Å²) in [7, 11) is 0. The molecule has 1 aromatic heterocycles. The summed E-state index contributed by atoms with van der Waals surface area (Å²) >= 11 is 5.17. The fourth-order valence-electron chi connectivity index (χ4n) is 2.53. The molecule has 0 aliphatic carbocycles. The summed E-state index contributed by atoms with van der Waals surface area (Å²) in [5.74, 6) is 0.249. The Labute approximate surface area is 120 Å². The standard InChI is InChI=1S/C13H19BrN2OS/c1-2-8-16-12(17)5-3-4-9(15)13(16)10-6-7-11(14)18-10/h6-7,9,13H,2-5,8,15H2,1H3. The number of carbonyl (C=O) groups is 1. The smallest absolute Gasteiger partial charge is 0.223 e. The highest BCUT2D eigenvalue weighted by Gasteiger charge is 2.33. The van der Waals surface area contributed by atoms with E-state index in [9.17, 15) is 4.79 Å². The maximum absolute atomic E-state index is 12.2. The van der Waals surface area contributed by atoms with Crippen LogP contribution in [0.15, 0.2) is 15.9 Å². The van der Waals surface area contributed by atoms with Crippen LogP contribution < -0.4 is 5.73 Å². The molecule has 2 heterocycles. The molecule has 1 fully saturated rings. The van der Waals surface area contributed by atoms with Gasteiger partial charge in [0.15, 0.2) is 0 Å². The number of thiophene rings is 1. The molecule has 1 aliphatic heterocycles. The minimum absolute atomic E-state index is 0.0496. The van der Waals surface area contributed by atoms with Crippen molar-refractivity contribution in [1.29, 1.82) is 0 Å². The maximum atomic E-state index is 12.2. The van der Waals surface area contributed by atoms with Crippen LogP contribution in [0, 0.1) is 0 Å². The van der Waals surface area contributed by atoms with Crippen molar-refractivity contribution in [3.63, 3.8) is 0 Å². The van der Waals surface area contributed by atoms with Crippen molar-refractivity contribution in [3.05, 3.63) is 20.8 Å². The van der Waals surface area contributed by atoms with E-state index in [-0.39, 0.29) is 18.0 Å². The lowest BCUT2D eigenvalue weighted by molar-refractivity contribution is -0.133. The molecule has 2 unspecified atom stereocenters. The molecule has 0 radical (unpaired) electrons. The van der Waals surface area contributed by atoms with Crippen molar-refractivity contribution in [3.8, 4) is 0 Å². The Bertz CT molecular complexity index is 421. The van der Waals surface area contributed by atoms with Crippen molar-refractivity contribution in [1.82, 2.24) is 4.90 Å². The van der Waals surface area contributed by atoms with Crippen LogP contribution in [0.5, 0.6) is 0 Å². The topological polar surface area (TPSA) is 46.3 Å². The fourth-order valence-corrected chi connectivity index (χ4v) is 4.15. The van der Waals surface area contributed by atoms with Gasteiger partial charge in [-0.1, -0.05) is 6.92 Å². The van der Waals surface area contributed by atoms with Gasteiger partial charge in [-0.2, -0.15) is 0 Å². The molecular formula is C13H19BrN2OS. The molecule has 0 saturated carbocycles. The van der Waals surface area contributed by atoms with Gasteiger partial charge in [0.1, 0.15) is 0 Å². The van der Waals surface area contributed by atoms with Crippen molar-refractivity contribution < 1.29 is 4.79 Å². The highest BCUT2D eigenvalue weighted by Crippen LogP contribution is 2.35. The number of carbonyl (C=O) groups excluding carboxylic acids is 1. The van der Waals surface area contributed by atoms with Crippen LogP contribution in [0.1, 0.15) is 43.5 Å². The lowest BCUT2D eigenvalue weighted by Crippen LogP contribution is -2.42. The lowest BCUT2D eigenvalue weighted by atomic mass is 10.0. The quantitative estimate of drug-likeness (QED) is 0.924. The summed E-state index contributed by atoms with van der Waals surface area (Å²) in [6.07, 6.45) is 3.44. The number of nitrogens with two attached hydrogens (primary N) is 1.